The Hall–Kier alpha value is -1.05. The molecule has 3 heteroatoms. The van der Waals surface area contributed by atoms with Crippen LogP contribution < -0.4 is 5.73 Å². The minimum atomic E-state index is -0.746. The van der Waals surface area contributed by atoms with Crippen molar-refractivity contribution in [3.63, 3.8) is 0 Å². The molecule has 0 fully saturated rings. The summed E-state index contributed by atoms with van der Waals surface area (Å²) in [5.74, 6) is -0.746. The average molecular weight is 267 g/mol. The molecule has 1 unspecified atom stereocenters. The van der Waals surface area contributed by atoms with E-state index in [2.05, 4.69) is 25.7 Å². The van der Waals surface area contributed by atoms with Gasteiger partial charge in [0.2, 0.25) is 0 Å². The van der Waals surface area contributed by atoms with Gasteiger partial charge in [-0.25, -0.2) is 0 Å². The van der Waals surface area contributed by atoms with Gasteiger partial charge in [0, 0.05) is 12.5 Å². The van der Waals surface area contributed by atoms with Crippen molar-refractivity contribution in [2.24, 2.45) is 5.73 Å². The molecule has 0 radical (unpaired) electrons. The highest BCUT2D eigenvalue weighted by atomic mass is 16.4. The molecule has 3 N–H and O–H groups in total. The molecule has 0 aromatic heterocycles. The molecule has 0 bridgehead atoms. The van der Waals surface area contributed by atoms with E-state index in [9.17, 15) is 4.79 Å². The smallest absolute Gasteiger partial charge is 0.303 e. The van der Waals surface area contributed by atoms with Gasteiger partial charge in [-0.3, -0.25) is 4.79 Å². The van der Waals surface area contributed by atoms with Gasteiger partial charge in [0.1, 0.15) is 0 Å². The van der Waals surface area contributed by atoms with Crippen LogP contribution in [0.2, 0.25) is 0 Å². The molecule has 0 heterocycles. The minimum Gasteiger partial charge on any atom is -0.481 e. The summed E-state index contributed by atoms with van der Waals surface area (Å²) in [5, 5.41) is 8.64. The molecule has 0 aliphatic heterocycles. The molecular formula is C16H29NO2. The number of carboxylic acids is 1. The fraction of sp³-hybridized carbons (Fsp3) is 0.750. The number of hydrogen-bond acceptors (Lipinski definition) is 2. The van der Waals surface area contributed by atoms with Crippen LogP contribution in [0.15, 0.2) is 17.4 Å². The van der Waals surface area contributed by atoms with Gasteiger partial charge in [-0.05, 0) is 50.2 Å². The first-order valence-corrected chi connectivity index (χ1v) is 7.53. The Morgan fingerprint density at radius 2 is 1.89 bits per heavy atom. The molecule has 110 valence electrons. The van der Waals surface area contributed by atoms with E-state index in [1.165, 1.54) is 12.8 Å². The molecule has 3 nitrogen and oxygen atoms in total. The maximum absolute atomic E-state index is 10.5. The quantitative estimate of drug-likeness (QED) is 0.439. The monoisotopic (exact) mass is 267 g/mol. The fourth-order valence-corrected chi connectivity index (χ4v) is 1.89. The van der Waals surface area contributed by atoms with Crippen LogP contribution in [-0.4, -0.2) is 17.1 Å². The van der Waals surface area contributed by atoms with E-state index in [4.69, 9.17) is 10.8 Å². The second-order valence-electron chi connectivity index (χ2n) is 5.01. The molecule has 0 aliphatic carbocycles. The summed E-state index contributed by atoms with van der Waals surface area (Å²) in [6.07, 6.45) is 10.3. The van der Waals surface area contributed by atoms with Gasteiger partial charge < -0.3 is 10.8 Å². The van der Waals surface area contributed by atoms with E-state index in [0.29, 0.717) is 6.42 Å². The molecule has 0 rings (SSSR count). The Kier molecular flexibility index (Phi) is 11.3. The topological polar surface area (TPSA) is 63.3 Å². The molecule has 1 atom stereocenters. The lowest BCUT2D eigenvalue weighted by Crippen LogP contribution is -2.22. The maximum atomic E-state index is 10.5. The SMILES string of the molecule is CCCCC=C=C(CCCC)C(N)CCCC(=O)O. The van der Waals surface area contributed by atoms with Crippen LogP contribution in [0.1, 0.15) is 71.6 Å². The number of rotatable bonds is 11. The van der Waals surface area contributed by atoms with Crippen LogP contribution in [0, 0.1) is 0 Å². The van der Waals surface area contributed by atoms with Crippen molar-refractivity contribution < 1.29 is 9.90 Å². The van der Waals surface area contributed by atoms with Gasteiger partial charge in [-0.1, -0.05) is 26.7 Å². The summed E-state index contributed by atoms with van der Waals surface area (Å²) in [6, 6.07) is -0.0382. The minimum absolute atomic E-state index is 0.0382. The summed E-state index contributed by atoms with van der Waals surface area (Å²) in [6.45, 7) is 4.33. The standard InChI is InChI=1S/C16H29NO2/c1-3-5-7-8-11-14(10-6-4-2)15(17)12-9-13-16(18)19/h8,15H,3-7,9-10,12-13,17H2,1-2H3,(H,18,19). The Bertz CT molecular complexity index is 304. The zero-order valence-corrected chi connectivity index (χ0v) is 12.5. The summed E-state index contributed by atoms with van der Waals surface area (Å²) >= 11 is 0. The first kappa shape index (κ1) is 17.9. The lowest BCUT2D eigenvalue weighted by atomic mass is 9.97. The Labute approximate surface area is 117 Å². The van der Waals surface area contributed by atoms with Crippen LogP contribution in [0.25, 0.3) is 0 Å². The number of unbranched alkanes of at least 4 members (excludes halogenated alkanes) is 3. The van der Waals surface area contributed by atoms with E-state index in [1.54, 1.807) is 0 Å². The predicted octanol–water partition coefficient (Wildman–Crippen LogP) is 4.03. The van der Waals surface area contributed by atoms with E-state index in [-0.39, 0.29) is 12.5 Å². The van der Waals surface area contributed by atoms with Gasteiger partial charge in [0.05, 0.1) is 0 Å². The summed E-state index contributed by atoms with van der Waals surface area (Å²) in [4.78, 5) is 10.5. The largest absolute Gasteiger partial charge is 0.481 e. The first-order chi connectivity index (χ1) is 9.11. The maximum Gasteiger partial charge on any atom is 0.303 e. The number of aliphatic carboxylic acids is 1. The second-order valence-corrected chi connectivity index (χ2v) is 5.01. The van der Waals surface area contributed by atoms with Crippen molar-refractivity contribution in [2.75, 3.05) is 0 Å². The van der Waals surface area contributed by atoms with Crippen LogP contribution in [0.3, 0.4) is 0 Å². The van der Waals surface area contributed by atoms with E-state index in [0.717, 1.165) is 37.7 Å². The first-order valence-electron chi connectivity index (χ1n) is 7.53. The molecule has 0 spiro atoms. The van der Waals surface area contributed by atoms with Gasteiger partial charge in [0.25, 0.3) is 0 Å². The fourth-order valence-electron chi connectivity index (χ4n) is 1.89. The lowest BCUT2D eigenvalue weighted by Gasteiger charge is -2.13. The highest BCUT2D eigenvalue weighted by Crippen LogP contribution is 2.14. The highest BCUT2D eigenvalue weighted by molar-refractivity contribution is 5.66. The second kappa shape index (κ2) is 12.0. The van der Waals surface area contributed by atoms with Crippen molar-refractivity contribution in [3.8, 4) is 0 Å². The third-order valence-corrected chi connectivity index (χ3v) is 3.14. The van der Waals surface area contributed by atoms with Crippen molar-refractivity contribution in [1.82, 2.24) is 0 Å². The predicted molar refractivity (Wildman–Crippen MR) is 80.1 cm³/mol. The molecular weight excluding hydrogens is 238 g/mol. The van der Waals surface area contributed by atoms with Crippen LogP contribution in [-0.2, 0) is 4.79 Å². The van der Waals surface area contributed by atoms with Crippen LogP contribution in [0.4, 0.5) is 0 Å². The van der Waals surface area contributed by atoms with Crippen molar-refractivity contribution in [2.45, 2.75) is 77.7 Å². The molecule has 19 heavy (non-hydrogen) atoms. The highest BCUT2D eigenvalue weighted by Gasteiger charge is 2.09. The van der Waals surface area contributed by atoms with Gasteiger partial charge in [-0.2, -0.15) is 0 Å². The summed E-state index contributed by atoms with van der Waals surface area (Å²) < 4.78 is 0. The Morgan fingerprint density at radius 3 is 2.47 bits per heavy atom. The summed E-state index contributed by atoms with van der Waals surface area (Å²) in [7, 11) is 0. The Morgan fingerprint density at radius 1 is 1.21 bits per heavy atom. The van der Waals surface area contributed by atoms with Crippen molar-refractivity contribution in [3.05, 3.63) is 17.4 Å². The Balaban J connectivity index is 4.36. The van der Waals surface area contributed by atoms with Crippen molar-refractivity contribution >= 4 is 5.97 Å². The van der Waals surface area contributed by atoms with Gasteiger partial charge >= 0.3 is 5.97 Å². The zero-order valence-electron chi connectivity index (χ0n) is 12.5. The zero-order chi connectivity index (χ0) is 14.5. The van der Waals surface area contributed by atoms with Crippen molar-refractivity contribution in [1.29, 1.82) is 0 Å². The third kappa shape index (κ3) is 10.5. The molecule has 0 aliphatic rings. The molecule has 0 amide bonds. The van der Waals surface area contributed by atoms with Crippen LogP contribution >= 0.6 is 0 Å². The number of carbonyl (C=O) groups is 1. The van der Waals surface area contributed by atoms with Gasteiger partial charge in [-0.15, -0.1) is 5.73 Å². The lowest BCUT2D eigenvalue weighted by molar-refractivity contribution is -0.137. The molecule has 0 aromatic carbocycles. The number of hydrogen-bond donors (Lipinski definition) is 2. The summed E-state index contributed by atoms with van der Waals surface area (Å²) in [5.41, 5.74) is 10.6. The van der Waals surface area contributed by atoms with Gasteiger partial charge in [0.15, 0.2) is 0 Å². The normalized spacial score (nSPS) is 11.7. The molecule has 0 aromatic rings. The van der Waals surface area contributed by atoms with E-state index < -0.39 is 5.97 Å². The van der Waals surface area contributed by atoms with E-state index in [1.807, 2.05) is 0 Å². The molecule has 0 saturated carbocycles. The van der Waals surface area contributed by atoms with E-state index >= 15 is 0 Å². The third-order valence-electron chi connectivity index (χ3n) is 3.14. The van der Waals surface area contributed by atoms with Crippen LogP contribution in [0.5, 0.6) is 0 Å². The average Bonchev–Trinajstić information content (AvgIpc) is 2.37. The molecule has 0 saturated heterocycles. The number of nitrogens with two attached hydrogens (primary N) is 1. The number of carboxylic acid groups (broad SMARTS) is 1.